The lowest BCUT2D eigenvalue weighted by Gasteiger charge is -2.26. The molecule has 0 spiro atoms. The minimum absolute atomic E-state index is 0.000567. The predicted octanol–water partition coefficient (Wildman–Crippen LogP) is 3.41. The number of hydrogen-bond donors (Lipinski definition) is 3. The number of likely N-dealkylation sites (N-methyl/N-ethyl adjacent to an activating group) is 1. The first-order valence-corrected chi connectivity index (χ1v) is 8.70. The molecule has 1 rings (SSSR count). The van der Waals surface area contributed by atoms with Gasteiger partial charge in [-0.3, -0.25) is 4.79 Å². The van der Waals surface area contributed by atoms with Gasteiger partial charge in [0.1, 0.15) is 0 Å². The summed E-state index contributed by atoms with van der Waals surface area (Å²) in [6, 6.07) is 9.34. The van der Waals surface area contributed by atoms with Crippen LogP contribution in [0.5, 0.6) is 0 Å². The van der Waals surface area contributed by atoms with E-state index in [0.29, 0.717) is 13.0 Å². The topological polar surface area (TPSA) is 69.6 Å². The number of carboxylic acids is 1. The first-order chi connectivity index (χ1) is 11.1. The summed E-state index contributed by atoms with van der Waals surface area (Å²) >= 11 is 0. The number of rotatable bonds is 12. The molecule has 4 heteroatoms. The highest BCUT2D eigenvalue weighted by Crippen LogP contribution is 2.29. The Hall–Kier alpha value is -1.39. The lowest BCUT2D eigenvalue weighted by Crippen LogP contribution is -2.33. The fraction of sp³-hybridized carbons (Fsp3) is 0.632. The van der Waals surface area contributed by atoms with Crippen molar-refractivity contribution in [2.75, 3.05) is 13.6 Å². The zero-order chi connectivity index (χ0) is 17.1. The van der Waals surface area contributed by atoms with Crippen LogP contribution in [0.4, 0.5) is 0 Å². The first-order valence-electron chi connectivity index (χ1n) is 8.70. The summed E-state index contributed by atoms with van der Waals surface area (Å²) in [6.45, 7) is 2.67. The van der Waals surface area contributed by atoms with Crippen molar-refractivity contribution in [2.45, 2.75) is 57.5 Å². The van der Waals surface area contributed by atoms with E-state index in [1.54, 1.807) is 0 Å². The second-order valence-electron chi connectivity index (χ2n) is 6.27. The van der Waals surface area contributed by atoms with E-state index in [1.165, 1.54) is 12.8 Å². The molecule has 0 bridgehead atoms. The van der Waals surface area contributed by atoms with Crippen molar-refractivity contribution in [2.24, 2.45) is 5.92 Å². The van der Waals surface area contributed by atoms with Crippen LogP contribution in [-0.2, 0) is 4.79 Å². The Morgan fingerprint density at radius 1 is 1.17 bits per heavy atom. The second kappa shape index (κ2) is 11.2. The summed E-state index contributed by atoms with van der Waals surface area (Å²) in [5, 5.41) is 23.0. The summed E-state index contributed by atoms with van der Waals surface area (Å²) in [4.78, 5) is 11.7. The molecule has 0 aliphatic heterocycles. The molecule has 1 aromatic rings. The van der Waals surface area contributed by atoms with Gasteiger partial charge in [-0.25, -0.2) is 0 Å². The van der Waals surface area contributed by atoms with Gasteiger partial charge in [-0.05, 0) is 31.4 Å². The van der Waals surface area contributed by atoms with Crippen molar-refractivity contribution in [3.8, 4) is 0 Å². The van der Waals surface area contributed by atoms with Crippen molar-refractivity contribution in [3.63, 3.8) is 0 Å². The van der Waals surface area contributed by atoms with Gasteiger partial charge in [0, 0.05) is 6.54 Å². The number of benzene rings is 1. The number of hydrogen-bond acceptors (Lipinski definition) is 3. The van der Waals surface area contributed by atoms with E-state index < -0.39 is 18.0 Å². The molecule has 0 fully saturated rings. The van der Waals surface area contributed by atoms with Crippen molar-refractivity contribution in [1.82, 2.24) is 5.32 Å². The van der Waals surface area contributed by atoms with Gasteiger partial charge in [-0.2, -0.15) is 0 Å². The fourth-order valence-corrected chi connectivity index (χ4v) is 3.04. The molecule has 3 unspecified atom stereocenters. The third-order valence-electron chi connectivity index (χ3n) is 4.42. The molecular weight excluding hydrogens is 290 g/mol. The van der Waals surface area contributed by atoms with Crippen LogP contribution in [-0.4, -0.2) is 35.9 Å². The number of carbonyl (C=O) groups is 1. The Morgan fingerprint density at radius 2 is 1.87 bits per heavy atom. The van der Waals surface area contributed by atoms with E-state index in [9.17, 15) is 15.0 Å². The van der Waals surface area contributed by atoms with Gasteiger partial charge in [0.05, 0.1) is 12.0 Å². The molecule has 0 aromatic heterocycles. The summed E-state index contributed by atoms with van der Waals surface area (Å²) < 4.78 is 0. The van der Waals surface area contributed by atoms with Crippen molar-refractivity contribution < 1.29 is 15.0 Å². The van der Waals surface area contributed by atoms with Gasteiger partial charge in [0.15, 0.2) is 0 Å². The quantitative estimate of drug-likeness (QED) is 0.516. The van der Waals surface area contributed by atoms with Crippen LogP contribution in [0.15, 0.2) is 30.3 Å². The van der Waals surface area contributed by atoms with E-state index in [-0.39, 0.29) is 5.92 Å². The molecule has 0 saturated heterocycles. The Balaban J connectivity index is 2.76. The van der Waals surface area contributed by atoms with Crippen LogP contribution >= 0.6 is 0 Å². The smallest absolute Gasteiger partial charge is 0.310 e. The maximum atomic E-state index is 11.7. The van der Waals surface area contributed by atoms with Gasteiger partial charge in [0.25, 0.3) is 0 Å². The van der Waals surface area contributed by atoms with Crippen LogP contribution in [0.25, 0.3) is 0 Å². The minimum atomic E-state index is -0.814. The number of unbranched alkanes of at least 4 members (excludes halogenated alkanes) is 3. The summed E-state index contributed by atoms with van der Waals surface area (Å²) in [5.41, 5.74) is 0.815. The molecule has 0 saturated carbocycles. The second-order valence-corrected chi connectivity index (χ2v) is 6.27. The Morgan fingerprint density at radius 3 is 2.43 bits per heavy atom. The van der Waals surface area contributed by atoms with Crippen molar-refractivity contribution >= 4 is 5.97 Å². The summed E-state index contributed by atoms with van der Waals surface area (Å²) in [6.07, 6.45) is 5.39. The molecule has 0 amide bonds. The van der Waals surface area contributed by atoms with Gasteiger partial charge < -0.3 is 15.5 Å². The van der Waals surface area contributed by atoms with Gasteiger partial charge in [-0.1, -0.05) is 62.9 Å². The van der Waals surface area contributed by atoms with Crippen molar-refractivity contribution in [3.05, 3.63) is 35.9 Å². The fourth-order valence-electron chi connectivity index (χ4n) is 3.04. The average Bonchev–Trinajstić information content (AvgIpc) is 2.55. The number of aliphatic hydroxyl groups excluding tert-OH is 1. The van der Waals surface area contributed by atoms with Crippen LogP contribution in [0, 0.1) is 5.92 Å². The van der Waals surface area contributed by atoms with Crippen LogP contribution in [0.3, 0.4) is 0 Å². The molecule has 3 atom stereocenters. The summed E-state index contributed by atoms with van der Waals surface area (Å²) in [7, 11) is 1.81. The van der Waals surface area contributed by atoms with E-state index in [1.807, 2.05) is 37.4 Å². The van der Waals surface area contributed by atoms with Crippen LogP contribution in [0.1, 0.15) is 56.9 Å². The third-order valence-corrected chi connectivity index (χ3v) is 4.42. The van der Waals surface area contributed by atoms with E-state index in [4.69, 9.17) is 0 Å². The SMILES string of the molecule is CCCCCCC(CC(C(=O)O)c1ccccc1)C(O)CNC. The largest absolute Gasteiger partial charge is 0.481 e. The molecular formula is C19H31NO3. The van der Waals surface area contributed by atoms with E-state index in [0.717, 1.165) is 24.8 Å². The number of nitrogens with one attached hydrogen (secondary N) is 1. The Bertz CT molecular complexity index is 436. The van der Waals surface area contributed by atoms with Gasteiger partial charge in [-0.15, -0.1) is 0 Å². The zero-order valence-electron chi connectivity index (χ0n) is 14.4. The lowest BCUT2D eigenvalue weighted by molar-refractivity contribution is -0.139. The molecule has 4 nitrogen and oxygen atoms in total. The number of aliphatic carboxylic acids is 1. The molecule has 23 heavy (non-hydrogen) atoms. The summed E-state index contributed by atoms with van der Waals surface area (Å²) in [5.74, 6) is -1.37. The molecule has 0 aliphatic rings. The normalized spacial score (nSPS) is 15.1. The van der Waals surface area contributed by atoms with E-state index in [2.05, 4.69) is 12.2 Å². The van der Waals surface area contributed by atoms with Crippen molar-refractivity contribution in [1.29, 1.82) is 0 Å². The van der Waals surface area contributed by atoms with Gasteiger partial charge >= 0.3 is 5.97 Å². The zero-order valence-corrected chi connectivity index (χ0v) is 14.4. The molecule has 1 aromatic carbocycles. The first kappa shape index (κ1) is 19.7. The molecule has 3 N–H and O–H groups in total. The minimum Gasteiger partial charge on any atom is -0.481 e. The highest BCUT2D eigenvalue weighted by Gasteiger charge is 2.27. The van der Waals surface area contributed by atoms with Crippen LogP contribution < -0.4 is 5.32 Å². The van der Waals surface area contributed by atoms with Gasteiger partial charge in [0.2, 0.25) is 0 Å². The predicted molar refractivity (Wildman–Crippen MR) is 93.6 cm³/mol. The van der Waals surface area contributed by atoms with Crippen LogP contribution in [0.2, 0.25) is 0 Å². The van der Waals surface area contributed by atoms with E-state index >= 15 is 0 Å². The average molecular weight is 321 g/mol. The Labute approximate surface area is 139 Å². The third kappa shape index (κ3) is 7.14. The molecule has 0 radical (unpaired) electrons. The highest BCUT2D eigenvalue weighted by atomic mass is 16.4. The molecule has 0 aliphatic carbocycles. The standard InChI is InChI=1S/C19H31NO3/c1-3-4-5-7-12-16(18(21)14-20-2)13-17(19(22)23)15-10-8-6-9-11-15/h6,8-11,16-18,20-21H,3-5,7,12-14H2,1-2H3,(H,22,23). The maximum Gasteiger partial charge on any atom is 0.310 e. The maximum absolute atomic E-state index is 11.7. The molecule has 0 heterocycles. The lowest BCUT2D eigenvalue weighted by atomic mass is 9.83. The highest BCUT2D eigenvalue weighted by molar-refractivity contribution is 5.76. The molecule has 130 valence electrons. The Kier molecular flexibility index (Phi) is 9.57. The number of carboxylic acid groups (broad SMARTS) is 1. The monoisotopic (exact) mass is 321 g/mol. The number of aliphatic hydroxyl groups is 1.